The van der Waals surface area contributed by atoms with E-state index in [9.17, 15) is 14.4 Å². The van der Waals surface area contributed by atoms with E-state index in [1.807, 2.05) is 43.3 Å². The van der Waals surface area contributed by atoms with Gasteiger partial charge < -0.3 is 30.7 Å². The first-order valence-electron chi connectivity index (χ1n) is 11.0. The molecule has 1 aromatic carbocycles. The lowest BCUT2D eigenvalue weighted by atomic mass is 9.96. The lowest BCUT2D eigenvalue weighted by molar-refractivity contribution is -0.143. The average Bonchev–Trinajstić information content (AvgIpc) is 2.84. The number of nitrogens with one attached hydrogen (secondary N) is 2. The number of aryl methyl sites for hydroxylation is 1. The Morgan fingerprint density at radius 3 is 2.53 bits per heavy atom. The molecule has 0 radical (unpaired) electrons. The van der Waals surface area contributed by atoms with Crippen LogP contribution < -0.4 is 21.3 Å². The number of ether oxygens (including phenoxy) is 2. The van der Waals surface area contributed by atoms with Crippen LogP contribution in [0.5, 0.6) is 0 Å². The molecule has 3 rings (SSSR count). The molecule has 34 heavy (non-hydrogen) atoms. The highest BCUT2D eigenvalue weighted by Gasteiger charge is 2.28. The maximum atomic E-state index is 12.7. The number of carbonyl (C=O) groups excluding carboxylic acids is 3. The van der Waals surface area contributed by atoms with Gasteiger partial charge >= 0.3 is 12.1 Å². The van der Waals surface area contributed by atoms with Crippen molar-refractivity contribution in [2.45, 2.75) is 32.4 Å². The van der Waals surface area contributed by atoms with Crippen LogP contribution in [0.1, 0.15) is 24.1 Å². The number of nitrogen functional groups attached to an aromatic ring is 1. The van der Waals surface area contributed by atoms with Gasteiger partial charge in [-0.1, -0.05) is 30.3 Å². The van der Waals surface area contributed by atoms with Gasteiger partial charge in [-0.05, 0) is 25.3 Å². The summed E-state index contributed by atoms with van der Waals surface area (Å²) in [4.78, 5) is 47.3. The van der Waals surface area contributed by atoms with Gasteiger partial charge in [-0.15, -0.1) is 0 Å². The number of piperidine rings is 1. The number of nitrogens with zero attached hydrogens (tertiary/aromatic N) is 3. The molecule has 0 bridgehead atoms. The summed E-state index contributed by atoms with van der Waals surface area (Å²) in [5.41, 5.74) is 7.33. The van der Waals surface area contributed by atoms with E-state index in [0.29, 0.717) is 25.9 Å². The summed E-state index contributed by atoms with van der Waals surface area (Å²) in [5.74, 6) is -0.124. The van der Waals surface area contributed by atoms with Gasteiger partial charge in [0.1, 0.15) is 18.5 Å². The minimum absolute atomic E-state index is 0.0585. The Morgan fingerprint density at radius 2 is 1.88 bits per heavy atom. The molecule has 0 saturated carbocycles. The summed E-state index contributed by atoms with van der Waals surface area (Å²) in [6, 6.07) is 9.95. The van der Waals surface area contributed by atoms with E-state index < -0.39 is 18.1 Å². The standard InChI is InChI=1S/C23H30N6O5/c1-15-12-19(28-22(24)26-15)29-10-8-17(9-11-29)20(30)25-13-18(21(31)33-2)27-23(32)34-14-16-6-4-3-5-7-16/h3-7,12,17-18H,8-11,13-14H2,1-2H3,(H,25,30)(H,27,32)(H2,24,26,28)/t18-/m0/s1. The Kier molecular flexibility index (Phi) is 8.60. The number of rotatable bonds is 8. The van der Waals surface area contributed by atoms with E-state index in [0.717, 1.165) is 17.1 Å². The fourth-order valence-electron chi connectivity index (χ4n) is 3.70. The van der Waals surface area contributed by atoms with Crippen molar-refractivity contribution in [2.75, 3.05) is 37.4 Å². The zero-order valence-electron chi connectivity index (χ0n) is 19.3. The number of carbonyl (C=O) groups is 3. The number of amides is 2. The fourth-order valence-corrected chi connectivity index (χ4v) is 3.70. The number of esters is 1. The first-order valence-corrected chi connectivity index (χ1v) is 11.0. The molecule has 1 aliphatic rings. The molecule has 2 amide bonds. The third-order valence-corrected chi connectivity index (χ3v) is 5.52. The Morgan fingerprint density at radius 1 is 1.18 bits per heavy atom. The quantitative estimate of drug-likeness (QED) is 0.483. The molecule has 1 atom stereocenters. The highest BCUT2D eigenvalue weighted by atomic mass is 16.6. The zero-order valence-corrected chi connectivity index (χ0v) is 19.3. The molecule has 4 N–H and O–H groups in total. The van der Waals surface area contributed by atoms with Crippen molar-refractivity contribution in [3.05, 3.63) is 47.7 Å². The number of benzene rings is 1. The van der Waals surface area contributed by atoms with Gasteiger partial charge in [-0.25, -0.2) is 14.6 Å². The van der Waals surface area contributed by atoms with Crippen molar-refractivity contribution in [3.63, 3.8) is 0 Å². The topological polar surface area (TPSA) is 149 Å². The second-order valence-electron chi connectivity index (χ2n) is 8.01. The van der Waals surface area contributed by atoms with E-state index in [1.54, 1.807) is 0 Å². The minimum Gasteiger partial charge on any atom is -0.467 e. The Labute approximate surface area is 198 Å². The number of alkyl carbamates (subject to hydrolysis) is 1. The van der Waals surface area contributed by atoms with Crippen LogP contribution in [0.4, 0.5) is 16.6 Å². The third-order valence-electron chi connectivity index (χ3n) is 5.52. The predicted octanol–water partition coefficient (Wildman–Crippen LogP) is 1.17. The predicted molar refractivity (Wildman–Crippen MR) is 125 cm³/mol. The molecule has 11 heteroatoms. The zero-order chi connectivity index (χ0) is 24.5. The molecule has 2 heterocycles. The van der Waals surface area contributed by atoms with Crippen molar-refractivity contribution in [3.8, 4) is 0 Å². The van der Waals surface area contributed by atoms with E-state index in [4.69, 9.17) is 15.2 Å². The van der Waals surface area contributed by atoms with Gasteiger partial charge in [-0.2, -0.15) is 4.98 Å². The molecule has 0 unspecified atom stereocenters. The van der Waals surface area contributed by atoms with Crippen molar-refractivity contribution in [1.82, 2.24) is 20.6 Å². The highest BCUT2D eigenvalue weighted by Crippen LogP contribution is 2.23. The molecule has 1 saturated heterocycles. The molecule has 11 nitrogen and oxygen atoms in total. The van der Waals surface area contributed by atoms with Crippen LogP contribution in [-0.4, -0.2) is 60.7 Å². The molecule has 1 aliphatic heterocycles. The number of hydrogen-bond donors (Lipinski definition) is 3. The third kappa shape index (κ3) is 7.06. The van der Waals surface area contributed by atoms with Crippen LogP contribution in [0.15, 0.2) is 36.4 Å². The van der Waals surface area contributed by atoms with Crippen molar-refractivity contribution < 1.29 is 23.9 Å². The Hall–Kier alpha value is -3.89. The van der Waals surface area contributed by atoms with Gasteiger partial charge in [0.05, 0.1) is 7.11 Å². The summed E-state index contributed by atoms with van der Waals surface area (Å²) >= 11 is 0. The lowest BCUT2D eigenvalue weighted by Crippen LogP contribution is -2.50. The number of methoxy groups -OCH3 is 1. The smallest absolute Gasteiger partial charge is 0.408 e. The Balaban J connectivity index is 1.47. The van der Waals surface area contributed by atoms with E-state index in [-0.39, 0.29) is 30.9 Å². The maximum Gasteiger partial charge on any atom is 0.408 e. The van der Waals surface area contributed by atoms with Crippen LogP contribution in [-0.2, 0) is 25.7 Å². The van der Waals surface area contributed by atoms with E-state index >= 15 is 0 Å². The number of hydrogen-bond acceptors (Lipinski definition) is 9. The summed E-state index contributed by atoms with van der Waals surface area (Å²) in [6.45, 7) is 3.08. The van der Waals surface area contributed by atoms with Crippen LogP contribution in [0.2, 0.25) is 0 Å². The second-order valence-corrected chi connectivity index (χ2v) is 8.01. The number of aromatic nitrogens is 2. The van der Waals surface area contributed by atoms with E-state index in [2.05, 4.69) is 25.5 Å². The van der Waals surface area contributed by atoms with Crippen LogP contribution >= 0.6 is 0 Å². The van der Waals surface area contributed by atoms with E-state index in [1.165, 1.54) is 7.11 Å². The molecular formula is C23H30N6O5. The van der Waals surface area contributed by atoms with Crippen molar-refractivity contribution >= 4 is 29.7 Å². The van der Waals surface area contributed by atoms with Crippen LogP contribution in [0.25, 0.3) is 0 Å². The molecule has 1 fully saturated rings. The molecule has 0 spiro atoms. The van der Waals surface area contributed by atoms with Crippen molar-refractivity contribution in [1.29, 1.82) is 0 Å². The SMILES string of the molecule is COC(=O)[C@H](CNC(=O)C1CCN(c2cc(C)nc(N)n2)CC1)NC(=O)OCc1ccccc1. The summed E-state index contributed by atoms with van der Waals surface area (Å²) in [7, 11) is 1.21. The summed E-state index contributed by atoms with van der Waals surface area (Å²) in [6.07, 6.45) is 0.454. The molecule has 0 aliphatic carbocycles. The van der Waals surface area contributed by atoms with Gasteiger partial charge in [0.15, 0.2) is 0 Å². The highest BCUT2D eigenvalue weighted by molar-refractivity contribution is 5.83. The first-order chi connectivity index (χ1) is 16.4. The Bertz CT molecular complexity index is 974. The van der Waals surface area contributed by atoms with Gasteiger partial charge in [0.2, 0.25) is 11.9 Å². The molecule has 182 valence electrons. The van der Waals surface area contributed by atoms with Gasteiger partial charge in [-0.3, -0.25) is 4.79 Å². The van der Waals surface area contributed by atoms with Gasteiger partial charge in [0.25, 0.3) is 0 Å². The average molecular weight is 471 g/mol. The van der Waals surface area contributed by atoms with Gasteiger partial charge in [0, 0.05) is 37.3 Å². The molecule has 2 aromatic rings. The second kappa shape index (κ2) is 11.8. The summed E-state index contributed by atoms with van der Waals surface area (Å²) < 4.78 is 9.90. The number of anilines is 2. The first kappa shape index (κ1) is 24.7. The summed E-state index contributed by atoms with van der Waals surface area (Å²) in [5, 5.41) is 5.20. The maximum absolute atomic E-state index is 12.7. The monoisotopic (exact) mass is 470 g/mol. The molecule has 1 aromatic heterocycles. The fraction of sp³-hybridized carbons (Fsp3) is 0.435. The lowest BCUT2D eigenvalue weighted by Gasteiger charge is -2.32. The number of nitrogens with two attached hydrogens (primary N) is 1. The van der Waals surface area contributed by atoms with Crippen molar-refractivity contribution in [2.24, 2.45) is 5.92 Å². The van der Waals surface area contributed by atoms with Crippen LogP contribution in [0.3, 0.4) is 0 Å². The molecular weight excluding hydrogens is 440 g/mol. The minimum atomic E-state index is -1.07. The normalized spacial score (nSPS) is 14.7. The largest absolute Gasteiger partial charge is 0.467 e. The van der Waals surface area contributed by atoms with Crippen LogP contribution in [0, 0.1) is 12.8 Å².